The molecule has 0 spiro atoms. The lowest BCUT2D eigenvalue weighted by atomic mass is 9.87. The van der Waals surface area contributed by atoms with Crippen LogP contribution in [0.25, 0.3) is 0 Å². The monoisotopic (exact) mass is 534 g/mol. The zero-order valence-electron chi connectivity index (χ0n) is 21.6. The lowest BCUT2D eigenvalue weighted by Crippen LogP contribution is -2.32. The molecule has 3 aromatic carbocycles. The predicted octanol–water partition coefficient (Wildman–Crippen LogP) is 5.66. The molecular weight excluding hydrogens is 508 g/mol. The van der Waals surface area contributed by atoms with Crippen LogP contribution in [0.4, 0.5) is 11.4 Å². The number of esters is 1. The fourth-order valence-electron chi connectivity index (χ4n) is 3.82. The van der Waals surface area contributed by atoms with Gasteiger partial charge in [-0.15, -0.1) is 0 Å². The Morgan fingerprint density at radius 2 is 1.47 bits per heavy atom. The van der Waals surface area contributed by atoms with Gasteiger partial charge in [-0.1, -0.05) is 44.5 Å². The number of ether oxygens (including phenoxy) is 3. The summed E-state index contributed by atoms with van der Waals surface area (Å²) in [5, 5.41) is 2.62. The molecule has 0 atom stereocenters. The van der Waals surface area contributed by atoms with Crippen LogP contribution in [0.1, 0.15) is 36.7 Å². The zero-order valence-corrected chi connectivity index (χ0v) is 22.4. The first-order chi connectivity index (χ1) is 18.0. The van der Waals surface area contributed by atoms with E-state index in [1.807, 2.05) is 12.1 Å². The van der Waals surface area contributed by atoms with E-state index in [0.717, 1.165) is 10.5 Å². The number of anilines is 2. The highest BCUT2D eigenvalue weighted by Gasteiger charge is 2.40. The second-order valence-corrected chi connectivity index (χ2v) is 9.92. The first-order valence-corrected chi connectivity index (χ1v) is 12.1. The molecule has 0 bridgehead atoms. The number of nitrogens with zero attached hydrogens (tertiary/aromatic N) is 1. The Balaban J connectivity index is 1.47. The molecule has 0 aliphatic carbocycles. The minimum Gasteiger partial charge on any atom is -0.497 e. The normalized spacial score (nSPS) is 13.6. The smallest absolute Gasteiger partial charge is 0.343 e. The quantitative estimate of drug-likeness (QED) is 0.237. The molecular formula is C29H27ClN2O6. The number of rotatable bonds is 7. The van der Waals surface area contributed by atoms with Crippen molar-refractivity contribution < 1.29 is 28.6 Å². The van der Waals surface area contributed by atoms with E-state index < -0.39 is 17.8 Å². The maximum absolute atomic E-state index is 13.2. The van der Waals surface area contributed by atoms with Gasteiger partial charge in [-0.05, 0) is 59.5 Å². The lowest BCUT2D eigenvalue weighted by molar-refractivity contribution is -0.120. The molecule has 0 saturated heterocycles. The highest BCUT2D eigenvalue weighted by atomic mass is 35.5. The minimum absolute atomic E-state index is 0.00718. The minimum atomic E-state index is -0.694. The van der Waals surface area contributed by atoms with Crippen molar-refractivity contribution in [1.29, 1.82) is 0 Å². The van der Waals surface area contributed by atoms with E-state index in [4.69, 9.17) is 25.8 Å². The molecule has 2 amide bonds. The number of amides is 2. The summed E-state index contributed by atoms with van der Waals surface area (Å²) in [5.74, 6) is -0.658. The maximum Gasteiger partial charge on any atom is 0.343 e. The van der Waals surface area contributed by atoms with Gasteiger partial charge in [0.25, 0.3) is 11.8 Å². The van der Waals surface area contributed by atoms with Crippen LogP contribution in [0.5, 0.6) is 17.2 Å². The molecule has 0 unspecified atom stereocenters. The highest BCUT2D eigenvalue weighted by molar-refractivity contribution is 6.53. The average molecular weight is 535 g/mol. The van der Waals surface area contributed by atoms with E-state index in [0.29, 0.717) is 22.7 Å². The summed E-state index contributed by atoms with van der Waals surface area (Å²) in [4.78, 5) is 39.6. The van der Waals surface area contributed by atoms with Crippen LogP contribution >= 0.6 is 11.6 Å². The summed E-state index contributed by atoms with van der Waals surface area (Å²) in [7, 11) is 2.92. The van der Waals surface area contributed by atoms with Crippen molar-refractivity contribution in [3.63, 3.8) is 0 Å². The summed E-state index contributed by atoms with van der Waals surface area (Å²) in [6, 6.07) is 18.4. The van der Waals surface area contributed by atoms with Crippen molar-refractivity contribution in [1.82, 2.24) is 0 Å². The Morgan fingerprint density at radius 1 is 0.842 bits per heavy atom. The molecule has 1 aliphatic rings. The fraction of sp³-hybridized carbons (Fsp3) is 0.207. The lowest BCUT2D eigenvalue weighted by Gasteiger charge is -2.19. The van der Waals surface area contributed by atoms with E-state index in [2.05, 4.69) is 26.1 Å². The van der Waals surface area contributed by atoms with E-state index in [1.54, 1.807) is 48.5 Å². The van der Waals surface area contributed by atoms with Crippen molar-refractivity contribution in [3.8, 4) is 17.2 Å². The number of hydrogen-bond donors (Lipinski definition) is 1. The largest absolute Gasteiger partial charge is 0.497 e. The van der Waals surface area contributed by atoms with Gasteiger partial charge in [0.2, 0.25) is 0 Å². The molecule has 3 aromatic rings. The van der Waals surface area contributed by atoms with E-state index in [-0.39, 0.29) is 27.6 Å². The highest BCUT2D eigenvalue weighted by Crippen LogP contribution is 2.37. The maximum atomic E-state index is 13.2. The van der Waals surface area contributed by atoms with Crippen LogP contribution in [0.2, 0.25) is 0 Å². The zero-order chi connectivity index (χ0) is 27.6. The summed E-state index contributed by atoms with van der Waals surface area (Å²) in [5.41, 5.74) is 2.02. The topological polar surface area (TPSA) is 94.2 Å². The van der Waals surface area contributed by atoms with E-state index in [1.165, 1.54) is 20.3 Å². The second-order valence-electron chi connectivity index (χ2n) is 9.54. The number of methoxy groups -OCH3 is 2. The van der Waals surface area contributed by atoms with Crippen LogP contribution in [0.3, 0.4) is 0 Å². The van der Waals surface area contributed by atoms with Gasteiger partial charge in [-0.3, -0.25) is 9.59 Å². The Kier molecular flexibility index (Phi) is 7.46. The molecule has 8 nitrogen and oxygen atoms in total. The Morgan fingerprint density at radius 3 is 2.05 bits per heavy atom. The Labute approximate surface area is 225 Å². The van der Waals surface area contributed by atoms with Crippen molar-refractivity contribution in [2.45, 2.75) is 26.2 Å². The van der Waals surface area contributed by atoms with E-state index >= 15 is 0 Å². The van der Waals surface area contributed by atoms with Gasteiger partial charge in [0.1, 0.15) is 28.0 Å². The van der Waals surface area contributed by atoms with Crippen LogP contribution in [-0.2, 0) is 15.0 Å². The van der Waals surface area contributed by atoms with Crippen molar-refractivity contribution >= 4 is 40.8 Å². The molecule has 38 heavy (non-hydrogen) atoms. The van der Waals surface area contributed by atoms with Crippen molar-refractivity contribution in [2.24, 2.45) is 0 Å². The molecule has 0 saturated carbocycles. The third-order valence-electron chi connectivity index (χ3n) is 5.98. The fourth-order valence-corrected chi connectivity index (χ4v) is 4.04. The predicted molar refractivity (Wildman–Crippen MR) is 145 cm³/mol. The average Bonchev–Trinajstić information content (AvgIpc) is 3.11. The van der Waals surface area contributed by atoms with Gasteiger partial charge in [0.15, 0.2) is 0 Å². The van der Waals surface area contributed by atoms with E-state index in [9.17, 15) is 14.4 Å². The van der Waals surface area contributed by atoms with Crippen molar-refractivity contribution in [3.05, 3.63) is 88.6 Å². The van der Waals surface area contributed by atoms with Gasteiger partial charge in [0.05, 0.1) is 25.5 Å². The number of carbonyl (C=O) groups is 3. The van der Waals surface area contributed by atoms with Crippen LogP contribution in [0.15, 0.2) is 77.5 Å². The molecule has 0 aromatic heterocycles. The molecule has 4 rings (SSSR count). The summed E-state index contributed by atoms with van der Waals surface area (Å²) >= 11 is 6.25. The SMILES string of the molecule is COc1ccc(N2C(=O)C(Cl)=C(Nc3ccc(C(=O)Oc4ccc(C(C)(C)C)cc4)cc3)C2=O)c(OC)c1. The first kappa shape index (κ1) is 26.8. The number of hydrogen-bond acceptors (Lipinski definition) is 7. The summed E-state index contributed by atoms with van der Waals surface area (Å²) in [6.07, 6.45) is 0. The summed E-state index contributed by atoms with van der Waals surface area (Å²) < 4.78 is 16.0. The third kappa shape index (κ3) is 5.35. The van der Waals surface area contributed by atoms with Crippen LogP contribution in [0, 0.1) is 0 Å². The van der Waals surface area contributed by atoms with Gasteiger partial charge < -0.3 is 19.5 Å². The number of nitrogens with one attached hydrogen (secondary N) is 1. The Bertz CT molecular complexity index is 1420. The first-order valence-electron chi connectivity index (χ1n) is 11.7. The molecule has 0 radical (unpaired) electrons. The molecule has 1 N–H and O–H groups in total. The molecule has 1 aliphatic heterocycles. The second kappa shape index (κ2) is 10.6. The third-order valence-corrected chi connectivity index (χ3v) is 6.33. The van der Waals surface area contributed by atoms with Crippen LogP contribution < -0.4 is 24.4 Å². The molecule has 1 heterocycles. The number of imide groups is 1. The van der Waals surface area contributed by atoms with Gasteiger partial charge in [0, 0.05) is 11.8 Å². The summed E-state index contributed by atoms with van der Waals surface area (Å²) in [6.45, 7) is 6.32. The number of halogens is 1. The number of carbonyl (C=O) groups excluding carboxylic acids is 3. The molecule has 0 fully saturated rings. The van der Waals surface area contributed by atoms with Crippen LogP contribution in [-0.4, -0.2) is 32.0 Å². The standard InChI is InChI=1S/C29H27ClN2O6/c1-29(2,3)18-8-12-20(13-9-18)38-28(35)17-6-10-19(11-7-17)31-25-24(30)26(33)32(27(25)34)22-15-14-21(36-4)16-23(22)37-5/h6-16,31H,1-5H3. The van der Waals surface area contributed by atoms with Gasteiger partial charge >= 0.3 is 5.97 Å². The Hall–Kier alpha value is -4.30. The molecule has 196 valence electrons. The van der Waals surface area contributed by atoms with Gasteiger partial charge in [-0.25, -0.2) is 9.69 Å². The number of benzene rings is 3. The molecule has 9 heteroatoms. The van der Waals surface area contributed by atoms with Gasteiger partial charge in [-0.2, -0.15) is 0 Å². The van der Waals surface area contributed by atoms with Crippen molar-refractivity contribution in [2.75, 3.05) is 24.4 Å².